The minimum absolute atomic E-state index is 0.0284. The Labute approximate surface area is 207 Å². The molecule has 10 heteroatoms. The number of nitrogens with zero attached hydrogens (tertiary/aromatic N) is 4. The lowest BCUT2D eigenvalue weighted by molar-refractivity contribution is -0.147. The molecule has 0 unspecified atom stereocenters. The molecule has 0 fully saturated rings. The van der Waals surface area contributed by atoms with Gasteiger partial charge >= 0.3 is 5.97 Å². The van der Waals surface area contributed by atoms with Crippen LogP contribution in [0.4, 0.5) is 5.82 Å². The molecule has 4 rings (SSSR count). The van der Waals surface area contributed by atoms with Crippen LogP contribution in [0.2, 0.25) is 0 Å². The molecule has 1 amide bonds. The molecule has 0 aliphatic rings. The molecule has 0 aliphatic heterocycles. The molecule has 3 heterocycles. The summed E-state index contributed by atoms with van der Waals surface area (Å²) in [6, 6.07) is 13.3. The highest BCUT2D eigenvalue weighted by atomic mass is 16.5. The van der Waals surface area contributed by atoms with Crippen molar-refractivity contribution in [2.24, 2.45) is 0 Å². The maximum atomic E-state index is 12.5. The Kier molecular flexibility index (Phi) is 7.30. The third-order valence-corrected chi connectivity index (χ3v) is 5.77. The number of carbonyl (C=O) groups is 2. The quantitative estimate of drug-likeness (QED) is 0.349. The predicted octanol–water partition coefficient (Wildman–Crippen LogP) is 4.09. The van der Waals surface area contributed by atoms with Crippen molar-refractivity contribution in [2.75, 3.05) is 11.9 Å². The summed E-state index contributed by atoms with van der Waals surface area (Å²) in [4.78, 5) is 24.7. The average molecular weight is 488 g/mol. The smallest absolute Gasteiger partial charge is 0.306 e. The van der Waals surface area contributed by atoms with Crippen molar-refractivity contribution in [2.45, 2.75) is 40.2 Å². The van der Waals surface area contributed by atoms with E-state index in [0.29, 0.717) is 35.5 Å². The average Bonchev–Trinajstić information content (AvgIpc) is 3.60. The maximum Gasteiger partial charge on any atom is 0.306 e. The Hall–Kier alpha value is -4.65. The van der Waals surface area contributed by atoms with E-state index in [1.165, 1.54) is 0 Å². The van der Waals surface area contributed by atoms with E-state index in [0.717, 1.165) is 22.4 Å². The number of benzene rings is 1. The number of furan rings is 1. The minimum atomic E-state index is -0.584. The number of hydrogen-bond acceptors (Lipinski definition) is 8. The lowest BCUT2D eigenvalue weighted by atomic mass is 10.1. The number of nitrogens with one attached hydrogen (secondary N) is 1. The van der Waals surface area contributed by atoms with Crippen molar-refractivity contribution >= 4 is 17.7 Å². The van der Waals surface area contributed by atoms with Gasteiger partial charge < -0.3 is 23.5 Å². The topological polar surface area (TPSA) is 136 Å². The van der Waals surface area contributed by atoms with Crippen LogP contribution in [0.3, 0.4) is 0 Å². The molecule has 0 saturated carbocycles. The summed E-state index contributed by atoms with van der Waals surface area (Å²) in [5, 5.41) is 20.3. The first-order chi connectivity index (χ1) is 17.4. The number of amides is 1. The van der Waals surface area contributed by atoms with Gasteiger partial charge in [0.15, 0.2) is 6.61 Å². The van der Waals surface area contributed by atoms with Crippen LogP contribution in [0, 0.1) is 32.1 Å². The van der Waals surface area contributed by atoms with Crippen molar-refractivity contribution in [3.63, 3.8) is 0 Å². The number of carbonyl (C=O) groups excluding carboxylic acids is 2. The standard InChI is InChI=1S/C26H25N5O5/c1-16-6-8-19(9-7-16)26-30-29-23(36-26)10-11-24(33)35-15-22(32)28-25-21(13-27)17(2)18(3)31(25)14-20-5-4-12-34-20/h4-9,12H,10-11,14-15H2,1-3H3,(H,28,32). The first-order valence-corrected chi connectivity index (χ1v) is 11.3. The molecule has 36 heavy (non-hydrogen) atoms. The van der Waals surface area contributed by atoms with Gasteiger partial charge in [0.25, 0.3) is 5.91 Å². The fourth-order valence-corrected chi connectivity index (χ4v) is 3.65. The van der Waals surface area contributed by atoms with Gasteiger partial charge in [0, 0.05) is 17.7 Å². The second-order valence-electron chi connectivity index (χ2n) is 8.29. The van der Waals surface area contributed by atoms with Crippen LogP contribution in [-0.2, 0) is 27.3 Å². The zero-order valence-electron chi connectivity index (χ0n) is 20.2. The highest BCUT2D eigenvalue weighted by Crippen LogP contribution is 2.27. The zero-order chi connectivity index (χ0) is 25.7. The number of rotatable bonds is 9. The van der Waals surface area contributed by atoms with Crippen LogP contribution >= 0.6 is 0 Å². The first-order valence-electron chi connectivity index (χ1n) is 11.3. The van der Waals surface area contributed by atoms with Crippen LogP contribution in [0.1, 0.15) is 40.5 Å². The molecular formula is C26H25N5O5. The van der Waals surface area contributed by atoms with Crippen molar-refractivity contribution in [3.8, 4) is 17.5 Å². The summed E-state index contributed by atoms with van der Waals surface area (Å²) in [7, 11) is 0. The van der Waals surface area contributed by atoms with Crippen molar-refractivity contribution in [3.05, 3.63) is 76.7 Å². The maximum absolute atomic E-state index is 12.5. The van der Waals surface area contributed by atoms with Gasteiger partial charge in [0.1, 0.15) is 17.6 Å². The largest absolute Gasteiger partial charge is 0.467 e. The third-order valence-electron chi connectivity index (χ3n) is 5.77. The molecule has 0 saturated heterocycles. The number of ether oxygens (including phenoxy) is 1. The van der Waals surface area contributed by atoms with Crippen molar-refractivity contribution < 1.29 is 23.2 Å². The van der Waals surface area contributed by atoms with Crippen LogP contribution in [0.15, 0.2) is 51.5 Å². The molecule has 0 bridgehead atoms. The molecule has 4 aromatic rings. The molecule has 10 nitrogen and oxygen atoms in total. The van der Waals surface area contributed by atoms with Crippen LogP contribution in [0.25, 0.3) is 11.5 Å². The van der Waals surface area contributed by atoms with E-state index in [1.54, 1.807) is 23.0 Å². The second kappa shape index (κ2) is 10.7. The predicted molar refractivity (Wildman–Crippen MR) is 129 cm³/mol. The Morgan fingerprint density at radius 1 is 1.14 bits per heavy atom. The zero-order valence-corrected chi connectivity index (χ0v) is 20.2. The summed E-state index contributed by atoms with van der Waals surface area (Å²) in [6.07, 6.45) is 1.71. The van der Waals surface area contributed by atoms with Crippen molar-refractivity contribution in [1.82, 2.24) is 14.8 Å². The number of aromatic nitrogens is 3. The molecule has 0 atom stereocenters. The monoisotopic (exact) mass is 487 g/mol. The molecule has 3 aromatic heterocycles. The molecule has 1 aromatic carbocycles. The summed E-state index contributed by atoms with van der Waals surface area (Å²) in [5.74, 6) is 0.531. The normalized spacial score (nSPS) is 10.7. The molecule has 1 N–H and O–H groups in total. The SMILES string of the molecule is Cc1ccc(-c2nnc(CCC(=O)OCC(=O)Nc3c(C#N)c(C)c(C)n3Cc3ccco3)o2)cc1. The molecule has 0 aliphatic carbocycles. The fourth-order valence-electron chi connectivity index (χ4n) is 3.65. The van der Waals surface area contributed by atoms with Crippen LogP contribution < -0.4 is 5.32 Å². The van der Waals surface area contributed by atoms with Crippen LogP contribution in [-0.4, -0.2) is 33.2 Å². The highest BCUT2D eigenvalue weighted by molar-refractivity contribution is 5.93. The number of esters is 1. The Morgan fingerprint density at radius 2 is 1.92 bits per heavy atom. The van der Waals surface area contributed by atoms with Gasteiger partial charge in [-0.3, -0.25) is 9.59 Å². The number of nitriles is 1. The molecule has 184 valence electrons. The van der Waals surface area contributed by atoms with Gasteiger partial charge in [-0.15, -0.1) is 10.2 Å². The number of aryl methyl sites for hydroxylation is 2. The van der Waals surface area contributed by atoms with E-state index in [9.17, 15) is 14.9 Å². The minimum Gasteiger partial charge on any atom is -0.467 e. The molecule has 0 spiro atoms. The summed E-state index contributed by atoms with van der Waals surface area (Å²) >= 11 is 0. The Bertz CT molecular complexity index is 1410. The Balaban J connectivity index is 1.32. The summed E-state index contributed by atoms with van der Waals surface area (Å²) in [6.45, 7) is 5.50. The Morgan fingerprint density at radius 3 is 2.61 bits per heavy atom. The van der Waals surface area contributed by atoms with E-state index in [2.05, 4.69) is 21.6 Å². The third kappa shape index (κ3) is 5.52. The number of anilines is 1. The van der Waals surface area contributed by atoms with Crippen LogP contribution in [0.5, 0.6) is 0 Å². The first kappa shape index (κ1) is 24.5. The lowest BCUT2D eigenvalue weighted by Gasteiger charge is -2.12. The van der Waals surface area contributed by atoms with Gasteiger partial charge in [-0.25, -0.2) is 0 Å². The van der Waals surface area contributed by atoms with Gasteiger partial charge in [0.2, 0.25) is 11.8 Å². The summed E-state index contributed by atoms with van der Waals surface area (Å²) < 4.78 is 17.9. The highest BCUT2D eigenvalue weighted by Gasteiger charge is 2.21. The van der Waals surface area contributed by atoms with E-state index in [1.807, 2.05) is 45.0 Å². The molecule has 0 radical (unpaired) electrons. The second-order valence-corrected chi connectivity index (χ2v) is 8.29. The fraction of sp³-hybridized carbons (Fsp3) is 0.269. The molecular weight excluding hydrogens is 462 g/mol. The number of hydrogen-bond donors (Lipinski definition) is 1. The van der Waals surface area contributed by atoms with Gasteiger partial charge in [0.05, 0.1) is 24.8 Å². The van der Waals surface area contributed by atoms with E-state index >= 15 is 0 Å². The summed E-state index contributed by atoms with van der Waals surface area (Å²) in [5.41, 5.74) is 3.82. The van der Waals surface area contributed by atoms with Gasteiger partial charge in [-0.2, -0.15) is 5.26 Å². The van der Waals surface area contributed by atoms with Gasteiger partial charge in [-0.05, 0) is 50.6 Å². The van der Waals surface area contributed by atoms with E-state index < -0.39 is 18.5 Å². The van der Waals surface area contributed by atoms with E-state index in [-0.39, 0.29) is 12.8 Å². The lowest BCUT2D eigenvalue weighted by Crippen LogP contribution is -2.23. The van der Waals surface area contributed by atoms with Gasteiger partial charge in [-0.1, -0.05) is 17.7 Å². The van der Waals surface area contributed by atoms with Crippen molar-refractivity contribution in [1.29, 1.82) is 5.26 Å². The van der Waals surface area contributed by atoms with E-state index in [4.69, 9.17) is 13.6 Å².